The number of carbonyl (C=O) groups excluding carboxylic acids is 2. The Morgan fingerprint density at radius 1 is 1.25 bits per heavy atom. The summed E-state index contributed by atoms with van der Waals surface area (Å²) in [5.74, 6) is 0.448. The topological polar surface area (TPSA) is 166 Å². The highest BCUT2D eigenvalue weighted by molar-refractivity contribution is 7.99. The maximum atomic E-state index is 12.2. The van der Waals surface area contributed by atoms with E-state index in [4.69, 9.17) is 14.9 Å². The van der Waals surface area contributed by atoms with Gasteiger partial charge in [-0.15, -0.1) is 10.2 Å². The average molecular weight is 477 g/mol. The number of H-pyrrole nitrogens is 1. The van der Waals surface area contributed by atoms with Crippen molar-refractivity contribution in [1.82, 2.24) is 20.2 Å². The number of nitrogens with zero attached hydrogens (tertiary/aromatic N) is 3. The first-order chi connectivity index (χ1) is 15.4. The van der Waals surface area contributed by atoms with Gasteiger partial charge in [0.1, 0.15) is 5.82 Å². The molecular formula is C19H20N6O5S2. The van der Waals surface area contributed by atoms with E-state index in [1.54, 1.807) is 24.3 Å². The number of hydrogen-bond donors (Lipinski definition) is 3. The number of rotatable bonds is 10. The highest BCUT2D eigenvalue weighted by Crippen LogP contribution is 2.20. The maximum absolute atomic E-state index is 12.2. The molecule has 0 radical (unpaired) electrons. The molecule has 0 bridgehead atoms. The summed E-state index contributed by atoms with van der Waals surface area (Å²) in [7, 11) is 1.28. The van der Waals surface area contributed by atoms with Crippen LogP contribution in [0.15, 0.2) is 49.9 Å². The number of aromatic nitrogens is 4. The smallest absolute Gasteiger partial charge is 0.339 e. The van der Waals surface area contributed by atoms with Crippen LogP contribution in [0.5, 0.6) is 0 Å². The number of esters is 1. The summed E-state index contributed by atoms with van der Waals surface area (Å²) in [5, 5.41) is 11.3. The molecule has 11 nitrogen and oxygen atoms in total. The van der Waals surface area contributed by atoms with Gasteiger partial charge in [0.05, 0.1) is 24.1 Å². The minimum Gasteiger partial charge on any atom is -0.465 e. The van der Waals surface area contributed by atoms with Gasteiger partial charge in [-0.1, -0.05) is 35.7 Å². The summed E-state index contributed by atoms with van der Waals surface area (Å²) in [5.41, 5.74) is 5.89. The molecule has 0 fully saturated rings. The van der Waals surface area contributed by atoms with E-state index in [9.17, 15) is 14.4 Å². The molecule has 0 aliphatic carbocycles. The number of nitrogens with one attached hydrogen (secondary N) is 2. The first-order valence-electron chi connectivity index (χ1n) is 9.36. The predicted octanol–water partition coefficient (Wildman–Crippen LogP) is 1.98. The van der Waals surface area contributed by atoms with Gasteiger partial charge in [-0.2, -0.15) is 0 Å². The van der Waals surface area contributed by atoms with E-state index < -0.39 is 5.97 Å². The van der Waals surface area contributed by atoms with Crippen LogP contribution in [0.4, 0.5) is 11.5 Å². The molecule has 168 valence electrons. The van der Waals surface area contributed by atoms with Gasteiger partial charge < -0.3 is 25.2 Å². The van der Waals surface area contributed by atoms with Crippen LogP contribution < -0.4 is 16.6 Å². The van der Waals surface area contributed by atoms with E-state index in [0.717, 1.165) is 11.8 Å². The van der Waals surface area contributed by atoms with Crippen molar-refractivity contribution in [3.63, 3.8) is 0 Å². The molecule has 3 aromatic rings. The monoisotopic (exact) mass is 476 g/mol. The lowest BCUT2D eigenvalue weighted by molar-refractivity contribution is -0.113. The maximum Gasteiger partial charge on any atom is 0.339 e. The number of hydrogen-bond acceptors (Lipinski definition) is 11. The lowest BCUT2D eigenvalue weighted by Crippen LogP contribution is -2.17. The normalized spacial score (nSPS) is 10.7. The average Bonchev–Trinajstić information content (AvgIpc) is 3.22. The van der Waals surface area contributed by atoms with Crippen LogP contribution in [-0.2, 0) is 16.0 Å². The van der Waals surface area contributed by atoms with E-state index >= 15 is 0 Å². The fourth-order valence-electron chi connectivity index (χ4n) is 2.51. The molecule has 2 heterocycles. The van der Waals surface area contributed by atoms with Crippen LogP contribution in [0.1, 0.15) is 22.7 Å². The number of aryl methyl sites for hydroxylation is 1. The number of benzene rings is 1. The number of para-hydroxylation sites is 1. The molecule has 3 rings (SSSR count). The van der Waals surface area contributed by atoms with Gasteiger partial charge in [-0.25, -0.2) is 9.78 Å². The highest BCUT2D eigenvalue weighted by Gasteiger charge is 2.15. The fraction of sp³-hybridized carbons (Fsp3) is 0.263. The van der Waals surface area contributed by atoms with Crippen LogP contribution in [0.3, 0.4) is 0 Å². The second kappa shape index (κ2) is 11.3. The third-order valence-corrected chi connectivity index (χ3v) is 5.67. The van der Waals surface area contributed by atoms with Crippen molar-refractivity contribution in [1.29, 1.82) is 0 Å². The first kappa shape index (κ1) is 23.3. The molecule has 2 aromatic heterocycles. The number of aromatic amines is 1. The molecule has 0 atom stereocenters. The van der Waals surface area contributed by atoms with Gasteiger partial charge in [0.25, 0.3) is 10.8 Å². The number of methoxy groups -OCH3 is 1. The molecule has 0 saturated carbocycles. The number of amides is 1. The molecule has 0 aliphatic heterocycles. The Bertz CT molecular complexity index is 1150. The Kier molecular flexibility index (Phi) is 8.27. The summed E-state index contributed by atoms with van der Waals surface area (Å²) < 4.78 is 10.2. The Morgan fingerprint density at radius 3 is 2.84 bits per heavy atom. The minimum absolute atomic E-state index is 0.0292. The number of thioether (sulfide) groups is 2. The van der Waals surface area contributed by atoms with Crippen molar-refractivity contribution < 1.29 is 18.7 Å². The zero-order chi connectivity index (χ0) is 22.9. The predicted molar refractivity (Wildman–Crippen MR) is 120 cm³/mol. The summed E-state index contributed by atoms with van der Waals surface area (Å²) in [4.78, 5) is 42.0. The molecule has 1 amide bonds. The number of nitrogens with two attached hydrogens (primary N) is 1. The summed E-state index contributed by atoms with van der Waals surface area (Å²) in [6.45, 7) is 0. The first-order valence-corrected chi connectivity index (χ1v) is 11.3. The van der Waals surface area contributed by atoms with E-state index in [0.29, 0.717) is 35.3 Å². The fourth-order valence-corrected chi connectivity index (χ4v) is 3.91. The van der Waals surface area contributed by atoms with Crippen LogP contribution >= 0.6 is 23.5 Å². The SMILES string of the molecule is COC(=O)c1ccccc1NC(=O)CSc1nnc(CCCSc2nc(N)cc(=O)[nH]2)o1. The third-order valence-electron chi connectivity index (χ3n) is 3.90. The number of ether oxygens (including phenoxy) is 1. The standard InChI is InChI=1S/C19H20N6O5S2/c1-29-17(28)11-5-2-3-6-12(11)21-15(27)10-32-19-25-24-16(30-19)7-4-8-31-18-22-13(20)9-14(26)23-18/h2-3,5-6,9H,4,7-8,10H2,1H3,(H,21,27)(H3,20,22,23,26). The van der Waals surface area contributed by atoms with Crippen LogP contribution in [-0.4, -0.2) is 50.7 Å². The number of carbonyl (C=O) groups is 2. The minimum atomic E-state index is -0.536. The molecule has 1 aromatic carbocycles. The molecule has 32 heavy (non-hydrogen) atoms. The van der Waals surface area contributed by atoms with Gasteiger partial charge >= 0.3 is 5.97 Å². The van der Waals surface area contributed by atoms with Gasteiger partial charge in [0.2, 0.25) is 11.8 Å². The van der Waals surface area contributed by atoms with E-state index in [2.05, 4.69) is 25.5 Å². The van der Waals surface area contributed by atoms with Gasteiger partial charge in [-0.3, -0.25) is 9.59 Å². The lowest BCUT2D eigenvalue weighted by atomic mass is 10.2. The van der Waals surface area contributed by atoms with Crippen molar-refractivity contribution in [2.75, 3.05) is 29.7 Å². The van der Waals surface area contributed by atoms with Gasteiger partial charge in [0, 0.05) is 18.2 Å². The number of anilines is 2. The van der Waals surface area contributed by atoms with Gasteiger partial charge in [0.15, 0.2) is 5.16 Å². The number of nitrogen functional groups attached to an aromatic ring is 1. The van der Waals surface area contributed by atoms with Crippen molar-refractivity contribution in [3.05, 3.63) is 52.1 Å². The second-order valence-electron chi connectivity index (χ2n) is 6.26. The van der Waals surface area contributed by atoms with Crippen molar-refractivity contribution >= 4 is 46.9 Å². The third kappa shape index (κ3) is 6.85. The summed E-state index contributed by atoms with van der Waals surface area (Å²) in [6.07, 6.45) is 1.24. The Hall–Kier alpha value is -3.32. The molecule has 4 N–H and O–H groups in total. The van der Waals surface area contributed by atoms with Gasteiger partial charge in [-0.05, 0) is 18.6 Å². The molecule has 0 aliphatic rings. The Balaban J connectivity index is 1.43. The van der Waals surface area contributed by atoms with E-state index in [-0.39, 0.29) is 33.8 Å². The largest absolute Gasteiger partial charge is 0.465 e. The Morgan fingerprint density at radius 2 is 2.06 bits per heavy atom. The second-order valence-corrected chi connectivity index (χ2v) is 8.27. The summed E-state index contributed by atoms with van der Waals surface area (Å²) in [6, 6.07) is 7.79. The molecule has 13 heteroatoms. The lowest BCUT2D eigenvalue weighted by Gasteiger charge is -2.08. The Labute approximate surface area is 190 Å². The molecule has 0 spiro atoms. The quantitative estimate of drug-likeness (QED) is 0.169. The van der Waals surface area contributed by atoms with Crippen LogP contribution in [0, 0.1) is 0 Å². The summed E-state index contributed by atoms with van der Waals surface area (Å²) >= 11 is 2.46. The van der Waals surface area contributed by atoms with Crippen molar-refractivity contribution in [2.24, 2.45) is 0 Å². The zero-order valence-electron chi connectivity index (χ0n) is 17.0. The van der Waals surface area contributed by atoms with Crippen LogP contribution in [0.25, 0.3) is 0 Å². The van der Waals surface area contributed by atoms with Crippen molar-refractivity contribution in [2.45, 2.75) is 23.2 Å². The molecular weight excluding hydrogens is 456 g/mol. The highest BCUT2D eigenvalue weighted by atomic mass is 32.2. The van der Waals surface area contributed by atoms with E-state index in [1.165, 1.54) is 24.9 Å². The zero-order valence-corrected chi connectivity index (χ0v) is 18.6. The molecule has 0 saturated heterocycles. The molecule has 0 unspecified atom stereocenters. The van der Waals surface area contributed by atoms with E-state index in [1.807, 2.05) is 0 Å². The van der Waals surface area contributed by atoms with Crippen LogP contribution in [0.2, 0.25) is 0 Å². The van der Waals surface area contributed by atoms with Crippen molar-refractivity contribution in [3.8, 4) is 0 Å².